The van der Waals surface area contributed by atoms with Gasteiger partial charge in [0.25, 0.3) is 0 Å². The van der Waals surface area contributed by atoms with Crippen LogP contribution in [0.3, 0.4) is 0 Å². The van der Waals surface area contributed by atoms with Crippen LogP contribution >= 0.6 is 0 Å². The molecule has 0 spiro atoms. The summed E-state index contributed by atoms with van der Waals surface area (Å²) in [6.07, 6.45) is 4.56. The first-order chi connectivity index (χ1) is 7.97. The Hall–Kier alpha value is -0.770. The van der Waals surface area contributed by atoms with Crippen LogP contribution in [0.25, 0.3) is 0 Å². The number of rotatable bonds is 3. The van der Waals surface area contributed by atoms with Gasteiger partial charge in [-0.3, -0.25) is 0 Å². The second-order valence-electron chi connectivity index (χ2n) is 5.78. The summed E-state index contributed by atoms with van der Waals surface area (Å²) in [5, 5.41) is 6.25. The Kier molecular flexibility index (Phi) is 5.75. The maximum absolute atomic E-state index is 11.4. The topological polar surface area (TPSA) is 50.4 Å². The summed E-state index contributed by atoms with van der Waals surface area (Å²) in [6.45, 7) is 8.55. The van der Waals surface area contributed by atoms with Crippen molar-refractivity contribution in [2.45, 2.75) is 52.1 Å². The molecule has 1 unspecified atom stereocenters. The van der Waals surface area contributed by atoms with Gasteiger partial charge in [0.15, 0.2) is 0 Å². The largest absolute Gasteiger partial charge is 0.444 e. The summed E-state index contributed by atoms with van der Waals surface area (Å²) in [6, 6.07) is 0. The molecule has 1 rings (SSSR count). The number of carbonyl (C=O) groups excluding carboxylic acids is 1. The molecule has 4 nitrogen and oxygen atoms in total. The van der Waals surface area contributed by atoms with Crippen LogP contribution in [0.2, 0.25) is 0 Å². The van der Waals surface area contributed by atoms with Crippen molar-refractivity contribution in [2.75, 3.05) is 19.6 Å². The van der Waals surface area contributed by atoms with Crippen molar-refractivity contribution in [3.63, 3.8) is 0 Å². The second kappa shape index (κ2) is 6.84. The van der Waals surface area contributed by atoms with Gasteiger partial charge in [-0.2, -0.15) is 0 Å². The van der Waals surface area contributed by atoms with Crippen molar-refractivity contribution >= 4 is 6.09 Å². The highest BCUT2D eigenvalue weighted by Crippen LogP contribution is 2.14. The van der Waals surface area contributed by atoms with E-state index in [0.717, 1.165) is 19.5 Å². The molecule has 0 aliphatic carbocycles. The van der Waals surface area contributed by atoms with Crippen LogP contribution < -0.4 is 10.6 Å². The maximum atomic E-state index is 11.4. The highest BCUT2D eigenvalue weighted by Gasteiger charge is 2.16. The van der Waals surface area contributed by atoms with Crippen LogP contribution in [0, 0.1) is 5.92 Å². The van der Waals surface area contributed by atoms with E-state index in [2.05, 4.69) is 10.6 Å². The lowest BCUT2D eigenvalue weighted by atomic mass is 10.00. The van der Waals surface area contributed by atoms with Crippen LogP contribution in [0.4, 0.5) is 4.79 Å². The molecule has 0 aromatic heterocycles. The van der Waals surface area contributed by atoms with Crippen LogP contribution in [0.5, 0.6) is 0 Å². The number of nitrogens with one attached hydrogen (secondary N) is 2. The average molecular weight is 242 g/mol. The monoisotopic (exact) mass is 242 g/mol. The Morgan fingerprint density at radius 3 is 2.88 bits per heavy atom. The van der Waals surface area contributed by atoms with Crippen LogP contribution in [-0.4, -0.2) is 31.3 Å². The maximum Gasteiger partial charge on any atom is 0.407 e. The quantitative estimate of drug-likeness (QED) is 0.798. The minimum Gasteiger partial charge on any atom is -0.444 e. The van der Waals surface area contributed by atoms with E-state index in [1.807, 2.05) is 20.8 Å². The molecule has 17 heavy (non-hydrogen) atoms. The molecule has 100 valence electrons. The van der Waals surface area contributed by atoms with Gasteiger partial charge in [-0.05, 0) is 59.0 Å². The van der Waals surface area contributed by atoms with Crippen molar-refractivity contribution < 1.29 is 9.53 Å². The highest BCUT2D eigenvalue weighted by atomic mass is 16.6. The summed E-state index contributed by atoms with van der Waals surface area (Å²) in [5.41, 5.74) is -0.409. The first-order valence-corrected chi connectivity index (χ1v) is 6.65. The minimum atomic E-state index is -0.409. The SMILES string of the molecule is CC(C)(C)OC(=O)NCCC1CCCCNC1. The van der Waals surface area contributed by atoms with Crippen LogP contribution in [0.15, 0.2) is 0 Å². The van der Waals surface area contributed by atoms with Gasteiger partial charge in [0.05, 0.1) is 0 Å². The fraction of sp³-hybridized carbons (Fsp3) is 0.923. The zero-order valence-electron chi connectivity index (χ0n) is 11.3. The number of amides is 1. The lowest BCUT2D eigenvalue weighted by Gasteiger charge is -2.20. The van der Waals surface area contributed by atoms with Crippen molar-refractivity contribution in [3.05, 3.63) is 0 Å². The third kappa shape index (κ3) is 7.21. The Morgan fingerprint density at radius 2 is 2.18 bits per heavy atom. The second-order valence-corrected chi connectivity index (χ2v) is 5.78. The third-order valence-corrected chi connectivity index (χ3v) is 2.87. The van der Waals surface area contributed by atoms with Crippen molar-refractivity contribution in [3.8, 4) is 0 Å². The third-order valence-electron chi connectivity index (χ3n) is 2.87. The summed E-state index contributed by atoms with van der Waals surface area (Å²) >= 11 is 0. The molecule has 1 atom stereocenters. The van der Waals surface area contributed by atoms with Gasteiger partial charge in [0.1, 0.15) is 5.60 Å². The van der Waals surface area contributed by atoms with Crippen molar-refractivity contribution in [2.24, 2.45) is 5.92 Å². The van der Waals surface area contributed by atoms with E-state index in [1.165, 1.54) is 19.3 Å². The molecule has 0 aromatic carbocycles. The van der Waals surface area contributed by atoms with E-state index >= 15 is 0 Å². The number of carbonyl (C=O) groups is 1. The fourth-order valence-electron chi connectivity index (χ4n) is 2.03. The Balaban J connectivity index is 2.12. The van der Waals surface area contributed by atoms with Crippen LogP contribution in [0.1, 0.15) is 46.5 Å². The van der Waals surface area contributed by atoms with E-state index in [0.29, 0.717) is 12.5 Å². The van der Waals surface area contributed by atoms with Gasteiger partial charge in [-0.25, -0.2) is 4.79 Å². The number of alkyl carbamates (subject to hydrolysis) is 1. The Labute approximate surface area is 104 Å². The van der Waals surface area contributed by atoms with E-state index in [4.69, 9.17) is 4.74 Å². The number of ether oxygens (including phenoxy) is 1. The summed E-state index contributed by atoms with van der Waals surface area (Å²) < 4.78 is 5.19. The van der Waals surface area contributed by atoms with Crippen molar-refractivity contribution in [1.82, 2.24) is 10.6 Å². The van der Waals surface area contributed by atoms with E-state index in [-0.39, 0.29) is 6.09 Å². The van der Waals surface area contributed by atoms with Gasteiger partial charge in [0, 0.05) is 6.54 Å². The predicted molar refractivity (Wildman–Crippen MR) is 69.1 cm³/mol. The van der Waals surface area contributed by atoms with Gasteiger partial charge in [0.2, 0.25) is 0 Å². The summed E-state index contributed by atoms with van der Waals surface area (Å²) in [7, 11) is 0. The molecule has 0 radical (unpaired) electrons. The Bertz CT molecular complexity index is 228. The first kappa shape index (κ1) is 14.3. The molecule has 4 heteroatoms. The molecule has 1 saturated heterocycles. The molecule has 0 bridgehead atoms. The average Bonchev–Trinajstić information content (AvgIpc) is 2.43. The Morgan fingerprint density at radius 1 is 1.41 bits per heavy atom. The molecule has 0 aromatic rings. The number of hydrogen-bond donors (Lipinski definition) is 2. The molecule has 0 saturated carbocycles. The molecular formula is C13H26N2O2. The van der Waals surface area contributed by atoms with E-state index < -0.39 is 5.60 Å². The molecule has 1 fully saturated rings. The molecule has 1 aliphatic heterocycles. The van der Waals surface area contributed by atoms with Gasteiger partial charge < -0.3 is 15.4 Å². The van der Waals surface area contributed by atoms with E-state index in [9.17, 15) is 4.79 Å². The minimum absolute atomic E-state index is 0.306. The molecule has 1 heterocycles. The van der Waals surface area contributed by atoms with Gasteiger partial charge >= 0.3 is 6.09 Å². The lowest BCUT2D eigenvalue weighted by molar-refractivity contribution is 0.0525. The zero-order valence-corrected chi connectivity index (χ0v) is 11.3. The van der Waals surface area contributed by atoms with Gasteiger partial charge in [-0.1, -0.05) is 6.42 Å². The predicted octanol–water partition coefficient (Wildman–Crippen LogP) is 2.29. The lowest BCUT2D eigenvalue weighted by Crippen LogP contribution is -2.34. The van der Waals surface area contributed by atoms with Crippen LogP contribution in [-0.2, 0) is 4.74 Å². The standard InChI is InChI=1S/C13H26N2O2/c1-13(2,3)17-12(16)15-9-7-11-6-4-5-8-14-10-11/h11,14H,4-10H2,1-3H3,(H,15,16). The molecule has 2 N–H and O–H groups in total. The molecular weight excluding hydrogens is 216 g/mol. The summed E-state index contributed by atoms with van der Waals surface area (Å²) in [4.78, 5) is 11.4. The summed E-state index contributed by atoms with van der Waals surface area (Å²) in [5.74, 6) is 0.687. The van der Waals surface area contributed by atoms with Crippen molar-refractivity contribution in [1.29, 1.82) is 0 Å². The fourth-order valence-corrected chi connectivity index (χ4v) is 2.03. The molecule has 1 aliphatic rings. The number of hydrogen-bond acceptors (Lipinski definition) is 3. The normalized spacial score (nSPS) is 21.7. The van der Waals surface area contributed by atoms with Gasteiger partial charge in [-0.15, -0.1) is 0 Å². The smallest absolute Gasteiger partial charge is 0.407 e. The highest BCUT2D eigenvalue weighted by molar-refractivity contribution is 5.67. The first-order valence-electron chi connectivity index (χ1n) is 6.65. The zero-order chi connectivity index (χ0) is 12.7. The van der Waals surface area contributed by atoms with E-state index in [1.54, 1.807) is 0 Å². The molecule has 1 amide bonds.